The molecule has 3 rings (SSSR count). The Bertz CT molecular complexity index is 691. The highest BCUT2D eigenvalue weighted by Gasteiger charge is 2.36. The van der Waals surface area contributed by atoms with E-state index in [4.69, 9.17) is 12.2 Å². The number of anilines is 1. The van der Waals surface area contributed by atoms with Crippen molar-refractivity contribution >= 4 is 38.9 Å². The summed E-state index contributed by atoms with van der Waals surface area (Å²) in [5.41, 5.74) is 3.60. The molecule has 1 fully saturated rings. The van der Waals surface area contributed by atoms with Crippen molar-refractivity contribution in [3.63, 3.8) is 0 Å². The van der Waals surface area contributed by atoms with Crippen LogP contribution in [0.4, 0.5) is 5.69 Å². The number of rotatable bonds is 3. The van der Waals surface area contributed by atoms with Crippen molar-refractivity contribution in [2.24, 2.45) is 0 Å². The van der Waals surface area contributed by atoms with Crippen molar-refractivity contribution in [3.8, 4) is 0 Å². The number of aryl methyl sites for hydroxylation is 1. The molecular formula is C19H21BrN2S. The number of hydrogen-bond acceptors (Lipinski definition) is 1. The lowest BCUT2D eigenvalue weighted by atomic mass is 9.87. The zero-order valence-corrected chi connectivity index (χ0v) is 15.6. The van der Waals surface area contributed by atoms with Gasteiger partial charge < -0.3 is 10.6 Å². The Morgan fingerprint density at radius 2 is 1.78 bits per heavy atom. The fraction of sp³-hybridized carbons (Fsp3) is 0.316. The predicted octanol–water partition coefficient (Wildman–Crippen LogP) is 5.51. The Morgan fingerprint density at radius 3 is 2.43 bits per heavy atom. The monoisotopic (exact) mass is 388 g/mol. The normalized spacial score (nSPS) is 16.1. The molecule has 0 saturated heterocycles. The van der Waals surface area contributed by atoms with E-state index in [0.717, 1.165) is 23.0 Å². The number of benzene rings is 2. The molecule has 1 aliphatic carbocycles. The van der Waals surface area contributed by atoms with E-state index in [-0.39, 0.29) is 5.54 Å². The van der Waals surface area contributed by atoms with Crippen LogP contribution in [-0.4, -0.2) is 5.11 Å². The molecule has 1 aliphatic rings. The Hall–Kier alpha value is -1.39. The average molecular weight is 389 g/mol. The summed E-state index contributed by atoms with van der Waals surface area (Å²) in [5, 5.41) is 7.60. The first-order valence-electron chi connectivity index (χ1n) is 7.99. The lowest BCUT2D eigenvalue weighted by Crippen LogP contribution is -2.45. The van der Waals surface area contributed by atoms with Crippen LogP contribution in [0, 0.1) is 6.92 Å². The summed E-state index contributed by atoms with van der Waals surface area (Å²) in [6, 6.07) is 16.8. The van der Waals surface area contributed by atoms with Gasteiger partial charge in [0, 0.05) is 10.2 Å². The van der Waals surface area contributed by atoms with Crippen molar-refractivity contribution in [3.05, 3.63) is 64.1 Å². The maximum Gasteiger partial charge on any atom is 0.171 e. The Morgan fingerprint density at radius 1 is 1.09 bits per heavy atom. The molecule has 23 heavy (non-hydrogen) atoms. The van der Waals surface area contributed by atoms with E-state index in [2.05, 4.69) is 57.8 Å². The predicted molar refractivity (Wildman–Crippen MR) is 105 cm³/mol. The maximum atomic E-state index is 5.58. The van der Waals surface area contributed by atoms with Crippen LogP contribution in [0.1, 0.15) is 36.8 Å². The summed E-state index contributed by atoms with van der Waals surface area (Å²) in [6.45, 7) is 2.14. The van der Waals surface area contributed by atoms with E-state index in [0.29, 0.717) is 5.11 Å². The zero-order chi connectivity index (χ0) is 16.3. The van der Waals surface area contributed by atoms with Gasteiger partial charge >= 0.3 is 0 Å². The second-order valence-corrected chi connectivity index (χ2v) is 7.57. The molecule has 120 valence electrons. The van der Waals surface area contributed by atoms with Gasteiger partial charge in [-0.05, 0) is 61.8 Å². The summed E-state index contributed by atoms with van der Waals surface area (Å²) in [5.74, 6) is 0. The highest BCUT2D eigenvalue weighted by Crippen LogP contribution is 2.39. The largest absolute Gasteiger partial charge is 0.353 e. The van der Waals surface area contributed by atoms with Crippen molar-refractivity contribution in [1.29, 1.82) is 0 Å². The minimum absolute atomic E-state index is 0.0362. The molecule has 0 amide bonds. The molecule has 0 unspecified atom stereocenters. The fourth-order valence-corrected chi connectivity index (χ4v) is 3.90. The van der Waals surface area contributed by atoms with Crippen LogP contribution in [-0.2, 0) is 5.54 Å². The molecule has 0 spiro atoms. The van der Waals surface area contributed by atoms with Gasteiger partial charge in [-0.25, -0.2) is 0 Å². The number of thiocarbonyl (C=S) groups is 1. The number of hydrogen-bond donors (Lipinski definition) is 2. The van der Waals surface area contributed by atoms with Gasteiger partial charge in [0.1, 0.15) is 0 Å². The van der Waals surface area contributed by atoms with Crippen molar-refractivity contribution in [2.75, 3.05) is 5.32 Å². The molecule has 2 nitrogen and oxygen atoms in total. The van der Waals surface area contributed by atoms with Gasteiger partial charge in [-0.1, -0.05) is 58.6 Å². The van der Waals surface area contributed by atoms with Crippen molar-refractivity contribution < 1.29 is 0 Å². The molecule has 2 aromatic rings. The molecule has 0 heterocycles. The minimum atomic E-state index is -0.0362. The van der Waals surface area contributed by atoms with E-state index < -0.39 is 0 Å². The molecule has 2 N–H and O–H groups in total. The maximum absolute atomic E-state index is 5.58. The zero-order valence-electron chi connectivity index (χ0n) is 13.2. The topological polar surface area (TPSA) is 24.1 Å². The van der Waals surface area contributed by atoms with Crippen LogP contribution >= 0.6 is 28.1 Å². The highest BCUT2D eigenvalue weighted by molar-refractivity contribution is 9.10. The summed E-state index contributed by atoms with van der Waals surface area (Å²) in [6.07, 6.45) is 4.72. The van der Waals surface area contributed by atoms with Crippen LogP contribution < -0.4 is 10.6 Å². The average Bonchev–Trinajstić information content (AvgIpc) is 2.99. The minimum Gasteiger partial charge on any atom is -0.353 e. The van der Waals surface area contributed by atoms with Crippen LogP contribution in [0.2, 0.25) is 0 Å². The molecule has 0 bridgehead atoms. The fourth-order valence-electron chi connectivity index (χ4n) is 3.32. The third-order valence-corrected chi connectivity index (χ3v) is 5.22. The number of nitrogens with one attached hydrogen (secondary N) is 2. The lowest BCUT2D eigenvalue weighted by molar-refractivity contribution is 0.408. The van der Waals surface area contributed by atoms with Crippen molar-refractivity contribution in [2.45, 2.75) is 38.1 Å². The van der Waals surface area contributed by atoms with Gasteiger partial charge in [0.25, 0.3) is 0 Å². The SMILES string of the molecule is Cc1cccc(C2(NC(=S)Nc3ccc(Br)cc3)CCCC2)c1. The van der Waals surface area contributed by atoms with E-state index in [1.165, 1.54) is 24.0 Å². The van der Waals surface area contributed by atoms with Crippen LogP contribution in [0.3, 0.4) is 0 Å². The van der Waals surface area contributed by atoms with E-state index in [1.807, 2.05) is 24.3 Å². The molecule has 1 saturated carbocycles. The summed E-state index contributed by atoms with van der Waals surface area (Å²) < 4.78 is 1.06. The Balaban J connectivity index is 1.77. The molecule has 0 aliphatic heterocycles. The summed E-state index contributed by atoms with van der Waals surface area (Å²) in [4.78, 5) is 0. The van der Waals surface area contributed by atoms with Gasteiger partial charge in [-0.3, -0.25) is 0 Å². The van der Waals surface area contributed by atoms with Crippen molar-refractivity contribution in [1.82, 2.24) is 5.32 Å². The van der Waals surface area contributed by atoms with E-state index in [1.54, 1.807) is 0 Å². The van der Waals surface area contributed by atoms with Crippen LogP contribution in [0.25, 0.3) is 0 Å². The third kappa shape index (κ3) is 3.93. The van der Waals surface area contributed by atoms with Gasteiger partial charge in [0.15, 0.2) is 5.11 Å². The van der Waals surface area contributed by atoms with Gasteiger partial charge in [-0.15, -0.1) is 0 Å². The highest BCUT2D eigenvalue weighted by atomic mass is 79.9. The van der Waals surface area contributed by atoms with E-state index >= 15 is 0 Å². The first-order chi connectivity index (χ1) is 11.1. The van der Waals surface area contributed by atoms with E-state index in [9.17, 15) is 0 Å². The molecule has 0 atom stereocenters. The Labute approximate surface area is 151 Å². The summed E-state index contributed by atoms with van der Waals surface area (Å²) >= 11 is 9.03. The van der Waals surface area contributed by atoms with Crippen LogP contribution in [0.15, 0.2) is 53.0 Å². The Kier molecular flexibility index (Phi) is 5.02. The first kappa shape index (κ1) is 16.5. The first-order valence-corrected chi connectivity index (χ1v) is 9.19. The molecule has 4 heteroatoms. The van der Waals surface area contributed by atoms with Gasteiger partial charge in [0.2, 0.25) is 0 Å². The quantitative estimate of drug-likeness (QED) is 0.677. The van der Waals surface area contributed by atoms with Crippen LogP contribution in [0.5, 0.6) is 0 Å². The second-order valence-electron chi connectivity index (χ2n) is 6.24. The molecular weight excluding hydrogens is 368 g/mol. The smallest absolute Gasteiger partial charge is 0.171 e. The number of halogens is 1. The molecule has 0 radical (unpaired) electrons. The second kappa shape index (κ2) is 7.02. The van der Waals surface area contributed by atoms with Gasteiger partial charge in [-0.2, -0.15) is 0 Å². The molecule has 0 aromatic heterocycles. The third-order valence-electron chi connectivity index (χ3n) is 4.48. The lowest BCUT2D eigenvalue weighted by Gasteiger charge is -2.33. The summed E-state index contributed by atoms with van der Waals surface area (Å²) in [7, 11) is 0. The molecule has 2 aromatic carbocycles. The van der Waals surface area contributed by atoms with Gasteiger partial charge in [0.05, 0.1) is 5.54 Å². The standard InChI is InChI=1S/C19H21BrN2S/c1-14-5-4-6-15(13-14)19(11-2-3-12-19)22-18(23)21-17-9-7-16(20)8-10-17/h4-10,13H,2-3,11-12H2,1H3,(H2,21,22,23).